The normalized spacial score (nSPS) is 14.2. The van der Waals surface area contributed by atoms with Crippen LogP contribution >= 0.6 is 0 Å². The summed E-state index contributed by atoms with van der Waals surface area (Å²) in [6.45, 7) is 4.40. The zero-order chi connectivity index (χ0) is 14.9. The number of nitrogens with two attached hydrogens (primary N) is 1. The molecule has 4 nitrogen and oxygen atoms in total. The Balaban J connectivity index is 2.48. The second-order valence-electron chi connectivity index (χ2n) is 5.26. The number of pyridine rings is 1. The number of fused-ring (bicyclic) bond motifs is 1. The smallest absolute Gasteiger partial charge is 0.330 e. The van der Waals surface area contributed by atoms with Gasteiger partial charge in [0.25, 0.3) is 0 Å². The van der Waals surface area contributed by atoms with Crippen LogP contribution in [0.2, 0.25) is 0 Å². The lowest BCUT2D eigenvalue weighted by atomic mass is 9.96. The molecule has 0 saturated carbocycles. The van der Waals surface area contributed by atoms with Gasteiger partial charge in [-0.05, 0) is 24.5 Å². The average molecular weight is 286 g/mol. The first-order valence-corrected chi connectivity index (χ1v) is 6.45. The molecule has 0 radical (unpaired) electrons. The van der Waals surface area contributed by atoms with Gasteiger partial charge in [-0.3, -0.25) is 4.40 Å². The van der Waals surface area contributed by atoms with E-state index < -0.39 is 11.7 Å². The largest absolute Gasteiger partial charge is 0.417 e. The van der Waals surface area contributed by atoms with Crippen molar-refractivity contribution in [2.75, 3.05) is 6.54 Å². The molecule has 2 N–H and O–H groups in total. The minimum Gasteiger partial charge on any atom is -0.330 e. The monoisotopic (exact) mass is 286 g/mol. The Morgan fingerprint density at radius 2 is 1.95 bits per heavy atom. The van der Waals surface area contributed by atoms with Crippen molar-refractivity contribution in [3.63, 3.8) is 0 Å². The second kappa shape index (κ2) is 5.40. The van der Waals surface area contributed by atoms with Crippen LogP contribution in [0.15, 0.2) is 18.3 Å². The molecular formula is C13H17F3N4. The maximum atomic E-state index is 12.8. The van der Waals surface area contributed by atoms with Crippen LogP contribution in [0.3, 0.4) is 0 Å². The quantitative estimate of drug-likeness (QED) is 0.940. The Kier molecular flexibility index (Phi) is 3.99. The molecule has 0 bridgehead atoms. The van der Waals surface area contributed by atoms with Gasteiger partial charge in [-0.1, -0.05) is 13.8 Å². The summed E-state index contributed by atoms with van der Waals surface area (Å²) in [5, 5.41) is 7.92. The van der Waals surface area contributed by atoms with Crippen molar-refractivity contribution >= 4 is 5.65 Å². The van der Waals surface area contributed by atoms with Gasteiger partial charge in [0.1, 0.15) is 5.82 Å². The van der Waals surface area contributed by atoms with Crippen LogP contribution < -0.4 is 5.73 Å². The van der Waals surface area contributed by atoms with Crippen molar-refractivity contribution in [1.29, 1.82) is 0 Å². The van der Waals surface area contributed by atoms with Crippen LogP contribution in [-0.2, 0) is 6.18 Å². The predicted octanol–water partition coefficient (Wildman–Crippen LogP) is 2.84. The minimum absolute atomic E-state index is 0.103. The maximum absolute atomic E-state index is 12.8. The molecule has 0 amide bonds. The van der Waals surface area contributed by atoms with E-state index in [4.69, 9.17) is 5.73 Å². The highest BCUT2D eigenvalue weighted by Gasteiger charge is 2.31. The number of rotatable bonds is 4. The zero-order valence-corrected chi connectivity index (χ0v) is 11.4. The van der Waals surface area contributed by atoms with Crippen LogP contribution in [-0.4, -0.2) is 21.1 Å². The SMILES string of the molecule is CC(C)CC(CN)c1nnc2ccc(C(F)(F)F)cn12. The van der Waals surface area contributed by atoms with E-state index in [1.807, 2.05) is 13.8 Å². The van der Waals surface area contributed by atoms with Crippen molar-refractivity contribution in [2.45, 2.75) is 32.4 Å². The molecule has 0 spiro atoms. The van der Waals surface area contributed by atoms with Crippen LogP contribution in [0.4, 0.5) is 13.2 Å². The molecule has 0 aliphatic carbocycles. The van der Waals surface area contributed by atoms with Crippen molar-refractivity contribution in [1.82, 2.24) is 14.6 Å². The first kappa shape index (κ1) is 14.8. The summed E-state index contributed by atoms with van der Waals surface area (Å²) in [4.78, 5) is 0. The second-order valence-corrected chi connectivity index (χ2v) is 5.26. The number of alkyl halides is 3. The van der Waals surface area contributed by atoms with Crippen molar-refractivity contribution in [3.05, 3.63) is 29.7 Å². The number of hydrogen-bond donors (Lipinski definition) is 1. The highest BCUT2D eigenvalue weighted by molar-refractivity contribution is 5.40. The van der Waals surface area contributed by atoms with E-state index in [9.17, 15) is 13.2 Å². The van der Waals surface area contributed by atoms with Crippen molar-refractivity contribution < 1.29 is 13.2 Å². The molecule has 0 saturated heterocycles. The van der Waals surface area contributed by atoms with Crippen LogP contribution in [0.5, 0.6) is 0 Å². The molecule has 20 heavy (non-hydrogen) atoms. The first-order valence-electron chi connectivity index (χ1n) is 6.45. The summed E-state index contributed by atoms with van der Waals surface area (Å²) < 4.78 is 39.7. The molecule has 1 atom stereocenters. The molecule has 110 valence electrons. The molecule has 7 heteroatoms. The molecule has 2 rings (SSSR count). The minimum atomic E-state index is -4.38. The highest BCUT2D eigenvalue weighted by Crippen LogP contribution is 2.30. The average Bonchev–Trinajstić information content (AvgIpc) is 2.77. The lowest BCUT2D eigenvalue weighted by Gasteiger charge is -2.15. The molecule has 0 aromatic carbocycles. The Labute approximate surface area is 114 Å². The standard InChI is InChI=1S/C13H17F3N4/c1-8(2)5-9(6-17)12-19-18-11-4-3-10(7-20(11)12)13(14,15)16/h3-4,7-9H,5-6,17H2,1-2H3. The van der Waals surface area contributed by atoms with E-state index in [1.54, 1.807) is 0 Å². The Morgan fingerprint density at radius 3 is 2.50 bits per heavy atom. The van der Waals surface area contributed by atoms with E-state index in [-0.39, 0.29) is 5.92 Å². The fraction of sp³-hybridized carbons (Fsp3) is 0.538. The van der Waals surface area contributed by atoms with E-state index in [0.29, 0.717) is 23.9 Å². The Hall–Kier alpha value is -1.63. The summed E-state index contributed by atoms with van der Waals surface area (Å²) in [7, 11) is 0. The van der Waals surface area contributed by atoms with Gasteiger partial charge in [0.05, 0.1) is 5.56 Å². The summed E-state index contributed by atoms with van der Waals surface area (Å²) >= 11 is 0. The van der Waals surface area contributed by atoms with E-state index in [2.05, 4.69) is 10.2 Å². The third-order valence-electron chi connectivity index (χ3n) is 3.16. The first-order chi connectivity index (χ1) is 9.32. The van der Waals surface area contributed by atoms with Gasteiger partial charge in [0.15, 0.2) is 5.65 Å². The van der Waals surface area contributed by atoms with E-state index in [0.717, 1.165) is 18.7 Å². The van der Waals surface area contributed by atoms with Crippen LogP contribution in [0.1, 0.15) is 37.6 Å². The predicted molar refractivity (Wildman–Crippen MR) is 69.2 cm³/mol. The fourth-order valence-corrected chi connectivity index (χ4v) is 2.23. The molecule has 2 aromatic rings. The van der Waals surface area contributed by atoms with E-state index >= 15 is 0 Å². The summed E-state index contributed by atoms with van der Waals surface area (Å²) in [5.41, 5.74) is 5.41. The number of halogens is 3. The molecule has 0 aliphatic rings. The lowest BCUT2D eigenvalue weighted by Crippen LogP contribution is -2.18. The van der Waals surface area contributed by atoms with Gasteiger partial charge in [-0.15, -0.1) is 10.2 Å². The van der Waals surface area contributed by atoms with Gasteiger partial charge < -0.3 is 5.73 Å². The Morgan fingerprint density at radius 1 is 1.25 bits per heavy atom. The van der Waals surface area contributed by atoms with Gasteiger partial charge in [0, 0.05) is 18.7 Å². The molecular weight excluding hydrogens is 269 g/mol. The van der Waals surface area contributed by atoms with Gasteiger partial charge in [-0.25, -0.2) is 0 Å². The molecule has 0 fully saturated rings. The molecule has 2 aromatic heterocycles. The number of hydrogen-bond acceptors (Lipinski definition) is 3. The van der Waals surface area contributed by atoms with Crippen molar-refractivity contribution in [2.24, 2.45) is 11.7 Å². The zero-order valence-electron chi connectivity index (χ0n) is 11.4. The van der Waals surface area contributed by atoms with Gasteiger partial charge in [-0.2, -0.15) is 13.2 Å². The highest BCUT2D eigenvalue weighted by atomic mass is 19.4. The van der Waals surface area contributed by atoms with Crippen molar-refractivity contribution in [3.8, 4) is 0 Å². The van der Waals surface area contributed by atoms with E-state index in [1.165, 1.54) is 10.5 Å². The number of aromatic nitrogens is 3. The number of nitrogens with zero attached hydrogens (tertiary/aromatic N) is 3. The molecule has 1 unspecified atom stereocenters. The maximum Gasteiger partial charge on any atom is 0.417 e. The third-order valence-corrected chi connectivity index (χ3v) is 3.16. The summed E-state index contributed by atoms with van der Waals surface area (Å²) in [6, 6.07) is 2.33. The summed E-state index contributed by atoms with van der Waals surface area (Å²) in [6.07, 6.45) is -2.59. The topological polar surface area (TPSA) is 56.2 Å². The summed E-state index contributed by atoms with van der Waals surface area (Å²) in [5.74, 6) is 0.762. The van der Waals surface area contributed by atoms with Crippen LogP contribution in [0, 0.1) is 5.92 Å². The van der Waals surface area contributed by atoms with Gasteiger partial charge in [0.2, 0.25) is 0 Å². The van der Waals surface area contributed by atoms with Gasteiger partial charge >= 0.3 is 6.18 Å². The Bertz CT molecular complexity index is 589. The fourth-order valence-electron chi connectivity index (χ4n) is 2.23. The molecule has 2 heterocycles. The van der Waals surface area contributed by atoms with Crippen LogP contribution in [0.25, 0.3) is 5.65 Å². The molecule has 0 aliphatic heterocycles. The lowest BCUT2D eigenvalue weighted by molar-refractivity contribution is -0.137. The third kappa shape index (κ3) is 2.92.